The number of amides is 2. The van der Waals surface area contributed by atoms with Crippen LogP contribution in [0, 0.1) is 11.8 Å². The molecule has 0 aliphatic rings. The molecule has 0 aromatic rings. The molecule has 122 valence electrons. The summed E-state index contributed by atoms with van der Waals surface area (Å²) in [5.74, 6) is -0.151. The van der Waals surface area contributed by atoms with Crippen molar-refractivity contribution in [3.05, 3.63) is 0 Å². The Kier molecular flexibility index (Phi) is 7.61. The van der Waals surface area contributed by atoms with Gasteiger partial charge in [-0.1, -0.05) is 27.7 Å². The van der Waals surface area contributed by atoms with Crippen molar-refractivity contribution in [2.75, 3.05) is 13.1 Å². The fraction of sp³-hybridized carbons (Fsp3) is 0.812. The summed E-state index contributed by atoms with van der Waals surface area (Å²) >= 11 is 0. The Balaban J connectivity index is 5.00. The maximum Gasteiger partial charge on any atom is 0.225 e. The highest BCUT2D eigenvalue weighted by Crippen LogP contribution is 2.18. The molecule has 0 unspecified atom stereocenters. The average Bonchev–Trinajstić information content (AvgIpc) is 2.35. The summed E-state index contributed by atoms with van der Waals surface area (Å²) in [6.07, 6.45) is 0.347. The van der Waals surface area contributed by atoms with Gasteiger partial charge >= 0.3 is 0 Å². The Hall–Kier alpha value is -1.39. The molecular formula is C16H30N2O3. The molecule has 21 heavy (non-hydrogen) atoms. The number of hydrogen-bond donors (Lipinski definition) is 1. The van der Waals surface area contributed by atoms with Crippen LogP contribution in [0.15, 0.2) is 0 Å². The first kappa shape index (κ1) is 19.6. The lowest BCUT2D eigenvalue weighted by Crippen LogP contribution is -2.55. The van der Waals surface area contributed by atoms with Gasteiger partial charge in [0.15, 0.2) is 0 Å². The fourth-order valence-corrected chi connectivity index (χ4v) is 1.97. The Labute approximate surface area is 128 Å². The maximum atomic E-state index is 12.4. The third kappa shape index (κ3) is 6.74. The van der Waals surface area contributed by atoms with Crippen LogP contribution in [0.4, 0.5) is 0 Å². The van der Waals surface area contributed by atoms with Crippen LogP contribution in [0.3, 0.4) is 0 Å². The van der Waals surface area contributed by atoms with Crippen molar-refractivity contribution < 1.29 is 14.4 Å². The minimum absolute atomic E-state index is 0.00177. The largest absolute Gasteiger partial charge is 0.354 e. The molecule has 0 bridgehead atoms. The summed E-state index contributed by atoms with van der Waals surface area (Å²) in [6, 6.07) is 0. The van der Waals surface area contributed by atoms with Crippen LogP contribution in [0.1, 0.15) is 54.9 Å². The molecule has 5 heteroatoms. The lowest BCUT2D eigenvalue weighted by atomic mass is 9.98. The van der Waals surface area contributed by atoms with Crippen LogP contribution in [-0.4, -0.2) is 41.1 Å². The van der Waals surface area contributed by atoms with E-state index < -0.39 is 5.54 Å². The SMILES string of the molecule is CC(=O)NCC(C)(C)N(CCC(=O)C(C)C)C(=O)C(C)C. The maximum absolute atomic E-state index is 12.4. The van der Waals surface area contributed by atoms with E-state index in [9.17, 15) is 14.4 Å². The number of carbonyl (C=O) groups excluding carboxylic acids is 3. The normalized spacial score (nSPS) is 11.7. The molecule has 0 heterocycles. The van der Waals surface area contributed by atoms with Crippen molar-refractivity contribution in [3.8, 4) is 0 Å². The quantitative estimate of drug-likeness (QED) is 0.745. The van der Waals surface area contributed by atoms with Crippen molar-refractivity contribution >= 4 is 17.6 Å². The molecular weight excluding hydrogens is 268 g/mol. The summed E-state index contributed by atoms with van der Waals surface area (Å²) in [6.45, 7) is 13.4. The van der Waals surface area contributed by atoms with Crippen molar-refractivity contribution in [2.24, 2.45) is 11.8 Å². The van der Waals surface area contributed by atoms with Crippen LogP contribution >= 0.6 is 0 Å². The van der Waals surface area contributed by atoms with Gasteiger partial charge in [-0.05, 0) is 13.8 Å². The average molecular weight is 298 g/mol. The molecule has 0 spiro atoms. The van der Waals surface area contributed by atoms with E-state index in [1.54, 1.807) is 4.90 Å². The summed E-state index contributed by atoms with van der Waals surface area (Å²) in [5, 5.41) is 2.75. The number of hydrogen-bond acceptors (Lipinski definition) is 3. The molecule has 0 aliphatic carbocycles. The second-order valence-electron chi connectivity index (χ2n) is 6.74. The van der Waals surface area contributed by atoms with Crippen LogP contribution in [0.5, 0.6) is 0 Å². The van der Waals surface area contributed by atoms with Crippen molar-refractivity contribution in [1.29, 1.82) is 0 Å². The van der Waals surface area contributed by atoms with E-state index in [1.165, 1.54) is 6.92 Å². The van der Waals surface area contributed by atoms with Crippen LogP contribution < -0.4 is 5.32 Å². The molecule has 0 rings (SSSR count). The molecule has 0 aromatic heterocycles. The van der Waals surface area contributed by atoms with Gasteiger partial charge in [-0.2, -0.15) is 0 Å². The first-order valence-corrected chi connectivity index (χ1v) is 7.57. The monoisotopic (exact) mass is 298 g/mol. The zero-order valence-corrected chi connectivity index (χ0v) is 14.4. The summed E-state index contributed by atoms with van der Waals surface area (Å²) in [7, 11) is 0. The highest BCUT2D eigenvalue weighted by atomic mass is 16.2. The van der Waals surface area contributed by atoms with E-state index in [0.717, 1.165) is 0 Å². The van der Waals surface area contributed by atoms with Crippen LogP contribution in [0.2, 0.25) is 0 Å². The van der Waals surface area contributed by atoms with E-state index >= 15 is 0 Å². The zero-order valence-electron chi connectivity index (χ0n) is 14.4. The smallest absolute Gasteiger partial charge is 0.225 e. The van der Waals surface area contributed by atoms with Gasteiger partial charge in [0.25, 0.3) is 0 Å². The van der Waals surface area contributed by atoms with Gasteiger partial charge in [0.05, 0.1) is 5.54 Å². The van der Waals surface area contributed by atoms with E-state index in [0.29, 0.717) is 19.5 Å². The number of nitrogens with one attached hydrogen (secondary N) is 1. The molecule has 0 aliphatic heterocycles. The van der Waals surface area contributed by atoms with Gasteiger partial charge in [0.1, 0.15) is 5.78 Å². The lowest BCUT2D eigenvalue weighted by Gasteiger charge is -2.40. The minimum Gasteiger partial charge on any atom is -0.354 e. The molecule has 2 amide bonds. The lowest BCUT2D eigenvalue weighted by molar-refractivity contribution is -0.141. The number of rotatable bonds is 8. The Morgan fingerprint density at radius 2 is 1.57 bits per heavy atom. The molecule has 0 aromatic carbocycles. The number of Topliss-reactive ketones (excluding diaryl/α,β-unsaturated/α-hetero) is 1. The third-order valence-electron chi connectivity index (χ3n) is 3.49. The fourth-order valence-electron chi connectivity index (χ4n) is 1.97. The topological polar surface area (TPSA) is 66.5 Å². The predicted molar refractivity (Wildman–Crippen MR) is 83.8 cm³/mol. The number of nitrogens with zero attached hydrogens (tertiary/aromatic N) is 1. The molecule has 5 nitrogen and oxygen atoms in total. The highest BCUT2D eigenvalue weighted by Gasteiger charge is 2.32. The van der Waals surface area contributed by atoms with Gasteiger partial charge < -0.3 is 10.2 Å². The van der Waals surface area contributed by atoms with Gasteiger partial charge in [-0.3, -0.25) is 14.4 Å². The summed E-state index contributed by atoms with van der Waals surface area (Å²) < 4.78 is 0. The van der Waals surface area contributed by atoms with Gasteiger partial charge in [-0.25, -0.2) is 0 Å². The molecule has 0 fully saturated rings. The first-order chi connectivity index (χ1) is 9.49. The third-order valence-corrected chi connectivity index (χ3v) is 3.49. The van der Waals surface area contributed by atoms with Crippen molar-refractivity contribution in [2.45, 2.75) is 60.4 Å². The Bertz CT molecular complexity index is 387. The van der Waals surface area contributed by atoms with Gasteiger partial charge in [0, 0.05) is 38.3 Å². The van der Waals surface area contributed by atoms with E-state index in [-0.39, 0.29) is 29.4 Å². The predicted octanol–water partition coefficient (Wildman–Crippen LogP) is 2.00. The van der Waals surface area contributed by atoms with Crippen molar-refractivity contribution in [3.63, 3.8) is 0 Å². The number of carbonyl (C=O) groups is 3. The minimum atomic E-state index is -0.524. The standard InChI is InChI=1S/C16H30N2O3/c1-11(2)14(20)8-9-18(15(21)12(3)4)16(6,7)10-17-13(5)19/h11-12H,8-10H2,1-7H3,(H,17,19). The highest BCUT2D eigenvalue weighted by molar-refractivity contribution is 5.82. The molecule has 0 saturated carbocycles. The molecule has 0 saturated heterocycles. The first-order valence-electron chi connectivity index (χ1n) is 7.57. The molecule has 0 radical (unpaired) electrons. The van der Waals surface area contributed by atoms with Gasteiger partial charge in [-0.15, -0.1) is 0 Å². The van der Waals surface area contributed by atoms with E-state index in [2.05, 4.69) is 5.32 Å². The second kappa shape index (κ2) is 8.15. The second-order valence-corrected chi connectivity index (χ2v) is 6.74. The van der Waals surface area contributed by atoms with Crippen LogP contribution in [-0.2, 0) is 14.4 Å². The Morgan fingerprint density at radius 1 is 1.05 bits per heavy atom. The molecule has 1 N–H and O–H groups in total. The van der Waals surface area contributed by atoms with Crippen LogP contribution in [0.25, 0.3) is 0 Å². The van der Waals surface area contributed by atoms with Crippen molar-refractivity contribution in [1.82, 2.24) is 10.2 Å². The summed E-state index contributed by atoms with van der Waals surface area (Å²) in [4.78, 5) is 37.1. The Morgan fingerprint density at radius 3 is 1.95 bits per heavy atom. The summed E-state index contributed by atoms with van der Waals surface area (Å²) in [5.41, 5.74) is -0.524. The van der Waals surface area contributed by atoms with Gasteiger partial charge in [0.2, 0.25) is 11.8 Å². The molecule has 0 atom stereocenters. The number of ketones is 1. The zero-order chi connectivity index (χ0) is 16.8. The van der Waals surface area contributed by atoms with E-state index in [4.69, 9.17) is 0 Å². The van der Waals surface area contributed by atoms with E-state index in [1.807, 2.05) is 41.5 Å².